The maximum absolute atomic E-state index is 12.3. The van der Waals surface area contributed by atoms with Crippen LogP contribution in [-0.4, -0.2) is 39.8 Å². The highest BCUT2D eigenvalue weighted by atomic mass is 79.9. The van der Waals surface area contributed by atoms with Crippen LogP contribution in [0.15, 0.2) is 28.9 Å². The van der Waals surface area contributed by atoms with E-state index in [1.807, 2.05) is 32.2 Å². The van der Waals surface area contributed by atoms with Crippen molar-refractivity contribution in [1.82, 2.24) is 20.1 Å². The molecule has 1 fully saturated rings. The molecule has 1 amide bonds. The predicted molar refractivity (Wildman–Crippen MR) is 92.6 cm³/mol. The number of halogens is 1. The molecule has 0 unspecified atom stereocenters. The highest BCUT2D eigenvalue weighted by molar-refractivity contribution is 9.10. The third-order valence-corrected chi connectivity index (χ3v) is 4.83. The second-order valence-electron chi connectivity index (χ2n) is 5.84. The van der Waals surface area contributed by atoms with Gasteiger partial charge in [-0.25, -0.2) is 4.98 Å². The number of carbonyl (C=O) groups is 1. The summed E-state index contributed by atoms with van der Waals surface area (Å²) < 4.78 is 2.72. The Morgan fingerprint density at radius 3 is 2.74 bits per heavy atom. The van der Waals surface area contributed by atoms with Crippen LogP contribution in [0.5, 0.6) is 0 Å². The van der Waals surface area contributed by atoms with E-state index in [0.29, 0.717) is 5.69 Å². The lowest BCUT2D eigenvalue weighted by Gasteiger charge is -2.33. The summed E-state index contributed by atoms with van der Waals surface area (Å²) in [5, 5.41) is 7.32. The number of nitrogens with one attached hydrogen (secondary N) is 1. The number of piperidine rings is 1. The monoisotopic (exact) mass is 377 g/mol. The van der Waals surface area contributed by atoms with Crippen molar-refractivity contribution in [3.63, 3.8) is 0 Å². The Kier molecular flexibility index (Phi) is 4.66. The first-order valence-electron chi connectivity index (χ1n) is 7.71. The molecule has 1 aliphatic heterocycles. The van der Waals surface area contributed by atoms with E-state index in [1.54, 1.807) is 10.9 Å². The van der Waals surface area contributed by atoms with E-state index < -0.39 is 0 Å². The smallest absolute Gasteiger partial charge is 0.272 e. The van der Waals surface area contributed by atoms with Gasteiger partial charge >= 0.3 is 0 Å². The zero-order valence-electron chi connectivity index (χ0n) is 13.3. The number of rotatable bonds is 3. The minimum atomic E-state index is -0.0915. The van der Waals surface area contributed by atoms with E-state index >= 15 is 0 Å². The lowest BCUT2D eigenvalue weighted by Crippen LogP contribution is -2.45. The summed E-state index contributed by atoms with van der Waals surface area (Å²) in [6.07, 6.45) is 3.61. The van der Waals surface area contributed by atoms with Gasteiger partial charge in [-0.15, -0.1) is 0 Å². The van der Waals surface area contributed by atoms with E-state index in [4.69, 9.17) is 0 Å². The van der Waals surface area contributed by atoms with Gasteiger partial charge in [0.15, 0.2) is 0 Å². The van der Waals surface area contributed by atoms with Crippen molar-refractivity contribution in [2.75, 3.05) is 18.0 Å². The van der Waals surface area contributed by atoms with Gasteiger partial charge in [0.05, 0.1) is 4.47 Å². The van der Waals surface area contributed by atoms with E-state index in [1.165, 1.54) is 0 Å². The highest BCUT2D eigenvalue weighted by Crippen LogP contribution is 2.25. The lowest BCUT2D eigenvalue weighted by molar-refractivity contribution is 0.0925. The molecule has 0 aromatic carbocycles. The van der Waals surface area contributed by atoms with Gasteiger partial charge in [0.25, 0.3) is 5.91 Å². The Labute approximate surface area is 144 Å². The van der Waals surface area contributed by atoms with E-state index in [-0.39, 0.29) is 11.9 Å². The molecule has 1 N–H and O–H groups in total. The number of aromatic nitrogens is 3. The van der Waals surface area contributed by atoms with Gasteiger partial charge in [-0.3, -0.25) is 9.48 Å². The largest absolute Gasteiger partial charge is 0.356 e. The van der Waals surface area contributed by atoms with Crippen molar-refractivity contribution in [3.05, 3.63) is 40.3 Å². The molecule has 0 radical (unpaired) electrons. The molecule has 0 saturated carbocycles. The topological polar surface area (TPSA) is 63.1 Å². The van der Waals surface area contributed by atoms with Gasteiger partial charge in [0, 0.05) is 38.1 Å². The Bertz CT molecular complexity index is 687. The minimum absolute atomic E-state index is 0.0915. The SMILES string of the molecule is Cc1cc(C(=O)NC2CCN(c3ncccc3Br)CC2)nn1C. The maximum atomic E-state index is 12.3. The number of anilines is 1. The fourth-order valence-electron chi connectivity index (χ4n) is 2.78. The first-order chi connectivity index (χ1) is 11.0. The van der Waals surface area contributed by atoms with Crippen LogP contribution < -0.4 is 10.2 Å². The van der Waals surface area contributed by atoms with Gasteiger partial charge in [0.2, 0.25) is 0 Å². The van der Waals surface area contributed by atoms with Gasteiger partial charge in [-0.2, -0.15) is 5.10 Å². The molecular formula is C16H20BrN5O. The van der Waals surface area contributed by atoms with E-state index in [2.05, 4.69) is 36.2 Å². The summed E-state index contributed by atoms with van der Waals surface area (Å²) in [7, 11) is 1.84. The molecule has 122 valence electrons. The van der Waals surface area contributed by atoms with Gasteiger partial charge in [-0.05, 0) is 53.9 Å². The molecule has 6 nitrogen and oxygen atoms in total. The average molecular weight is 378 g/mol. The van der Waals surface area contributed by atoms with Crippen molar-refractivity contribution >= 4 is 27.7 Å². The number of nitrogens with zero attached hydrogens (tertiary/aromatic N) is 4. The van der Waals surface area contributed by atoms with Crippen LogP contribution in [0.25, 0.3) is 0 Å². The van der Waals surface area contributed by atoms with Crippen molar-refractivity contribution < 1.29 is 4.79 Å². The van der Waals surface area contributed by atoms with Crippen LogP contribution in [0.3, 0.4) is 0 Å². The summed E-state index contributed by atoms with van der Waals surface area (Å²) in [6.45, 7) is 3.69. The van der Waals surface area contributed by atoms with Crippen LogP contribution in [0.4, 0.5) is 5.82 Å². The summed E-state index contributed by atoms with van der Waals surface area (Å²) in [6, 6.07) is 5.91. The number of aryl methyl sites for hydroxylation is 2. The standard InChI is InChI=1S/C16H20BrN5O/c1-11-10-14(20-21(11)2)16(23)19-12-5-8-22(9-6-12)15-13(17)4-3-7-18-15/h3-4,7,10,12H,5-6,8-9H2,1-2H3,(H,19,23). The molecule has 23 heavy (non-hydrogen) atoms. The zero-order valence-corrected chi connectivity index (χ0v) is 14.9. The Morgan fingerprint density at radius 2 is 2.13 bits per heavy atom. The fraction of sp³-hybridized carbons (Fsp3) is 0.438. The Balaban J connectivity index is 1.57. The van der Waals surface area contributed by atoms with Crippen molar-refractivity contribution in [2.45, 2.75) is 25.8 Å². The maximum Gasteiger partial charge on any atom is 0.272 e. The molecule has 1 aliphatic rings. The first-order valence-corrected chi connectivity index (χ1v) is 8.51. The normalized spacial score (nSPS) is 15.7. The fourth-order valence-corrected chi connectivity index (χ4v) is 3.28. The van der Waals surface area contributed by atoms with Crippen molar-refractivity contribution in [3.8, 4) is 0 Å². The molecular weight excluding hydrogens is 358 g/mol. The number of pyridine rings is 1. The summed E-state index contributed by atoms with van der Waals surface area (Å²) in [5.74, 6) is 0.879. The van der Waals surface area contributed by atoms with Crippen LogP contribution in [0.2, 0.25) is 0 Å². The quantitative estimate of drug-likeness (QED) is 0.890. The highest BCUT2D eigenvalue weighted by Gasteiger charge is 2.23. The summed E-state index contributed by atoms with van der Waals surface area (Å²) in [5.41, 5.74) is 1.46. The van der Waals surface area contributed by atoms with E-state index in [0.717, 1.165) is 41.9 Å². The molecule has 2 aromatic heterocycles. The Morgan fingerprint density at radius 1 is 1.39 bits per heavy atom. The minimum Gasteiger partial charge on any atom is -0.356 e. The summed E-state index contributed by atoms with van der Waals surface area (Å²) >= 11 is 3.54. The molecule has 3 rings (SSSR count). The van der Waals surface area contributed by atoms with Crippen molar-refractivity contribution in [1.29, 1.82) is 0 Å². The second-order valence-corrected chi connectivity index (χ2v) is 6.69. The zero-order chi connectivity index (χ0) is 16.4. The molecule has 7 heteroatoms. The molecule has 0 spiro atoms. The molecule has 1 saturated heterocycles. The number of hydrogen-bond acceptors (Lipinski definition) is 4. The lowest BCUT2D eigenvalue weighted by atomic mass is 10.0. The number of carbonyl (C=O) groups excluding carboxylic acids is 1. The second kappa shape index (κ2) is 6.70. The molecule has 0 bridgehead atoms. The van der Waals surface area contributed by atoms with Crippen LogP contribution in [0.1, 0.15) is 29.0 Å². The average Bonchev–Trinajstić information content (AvgIpc) is 2.88. The number of hydrogen-bond donors (Lipinski definition) is 1. The van der Waals surface area contributed by atoms with Crippen LogP contribution >= 0.6 is 15.9 Å². The van der Waals surface area contributed by atoms with E-state index in [9.17, 15) is 4.79 Å². The summed E-state index contributed by atoms with van der Waals surface area (Å²) in [4.78, 5) is 18.9. The van der Waals surface area contributed by atoms with Gasteiger partial charge in [-0.1, -0.05) is 0 Å². The molecule has 0 aliphatic carbocycles. The van der Waals surface area contributed by atoms with Crippen LogP contribution in [0, 0.1) is 6.92 Å². The van der Waals surface area contributed by atoms with Gasteiger partial charge in [0.1, 0.15) is 11.5 Å². The van der Waals surface area contributed by atoms with Gasteiger partial charge < -0.3 is 10.2 Å². The third kappa shape index (κ3) is 3.55. The molecule has 0 atom stereocenters. The third-order valence-electron chi connectivity index (χ3n) is 4.22. The molecule has 3 heterocycles. The number of amides is 1. The predicted octanol–water partition coefficient (Wildman–Crippen LogP) is 2.28. The Hall–Kier alpha value is -1.89. The van der Waals surface area contributed by atoms with Crippen LogP contribution in [-0.2, 0) is 7.05 Å². The first kappa shape index (κ1) is 16.0. The molecule has 2 aromatic rings. The van der Waals surface area contributed by atoms with Crippen molar-refractivity contribution in [2.24, 2.45) is 7.05 Å².